The highest BCUT2D eigenvalue weighted by Gasteiger charge is 2.18. The summed E-state index contributed by atoms with van der Waals surface area (Å²) in [6.45, 7) is 1.93. The Balaban J connectivity index is 1.56. The largest absolute Gasteiger partial charge is 0.321 e. The number of aryl methyl sites for hydroxylation is 1. The van der Waals surface area contributed by atoms with Crippen molar-refractivity contribution in [1.82, 2.24) is 19.7 Å². The van der Waals surface area contributed by atoms with Crippen LogP contribution in [-0.4, -0.2) is 31.9 Å². The van der Waals surface area contributed by atoms with Crippen LogP contribution in [0.25, 0.3) is 27.3 Å². The molecule has 158 valence electrons. The first-order valence-electron chi connectivity index (χ1n) is 9.94. The van der Waals surface area contributed by atoms with Crippen LogP contribution in [0.2, 0.25) is 0 Å². The Hall–Kier alpha value is -3.49. The molecule has 0 unspecified atom stereocenters. The lowest BCUT2D eigenvalue weighted by atomic mass is 10.1. The average molecular weight is 458 g/mol. The lowest BCUT2D eigenvalue weighted by molar-refractivity contribution is 0.102. The standard InChI is InChI=1S/C24H19N5OS2/c1-15-4-3-5-23(26-15)29-21(16-6-11-19-22(12-16)32-14-25-19)13-20(28-29)24(30)27-17-7-9-18(31-2)10-8-17/h3-14H,1-2H3,(H,27,30). The van der Waals surface area contributed by atoms with Crippen LogP contribution in [-0.2, 0) is 0 Å². The first-order valence-corrected chi connectivity index (χ1v) is 12.0. The van der Waals surface area contributed by atoms with E-state index in [1.165, 1.54) is 0 Å². The Morgan fingerprint density at radius 3 is 2.69 bits per heavy atom. The number of aromatic nitrogens is 4. The fourth-order valence-corrected chi connectivity index (χ4v) is 4.53. The predicted octanol–water partition coefficient (Wildman–Crippen LogP) is 5.83. The van der Waals surface area contributed by atoms with Gasteiger partial charge in [0.15, 0.2) is 11.5 Å². The molecule has 0 saturated carbocycles. The molecule has 6 nitrogen and oxygen atoms in total. The quantitative estimate of drug-likeness (QED) is 0.336. The van der Waals surface area contributed by atoms with Crippen molar-refractivity contribution >= 4 is 44.9 Å². The van der Waals surface area contributed by atoms with Crippen LogP contribution in [0.3, 0.4) is 0 Å². The molecule has 0 aliphatic rings. The molecule has 0 aliphatic heterocycles. The van der Waals surface area contributed by atoms with Crippen molar-refractivity contribution in [3.8, 4) is 17.1 Å². The molecule has 0 aliphatic carbocycles. The summed E-state index contributed by atoms with van der Waals surface area (Å²) in [4.78, 5) is 23.1. The van der Waals surface area contributed by atoms with Crippen molar-refractivity contribution in [1.29, 1.82) is 0 Å². The molecule has 1 amide bonds. The summed E-state index contributed by atoms with van der Waals surface area (Å²) in [5.74, 6) is 0.390. The lowest BCUT2D eigenvalue weighted by Crippen LogP contribution is -2.13. The van der Waals surface area contributed by atoms with E-state index in [2.05, 4.69) is 26.4 Å². The van der Waals surface area contributed by atoms with Gasteiger partial charge in [0.1, 0.15) is 0 Å². The Morgan fingerprint density at radius 2 is 1.91 bits per heavy atom. The van der Waals surface area contributed by atoms with Crippen molar-refractivity contribution in [3.05, 3.63) is 83.6 Å². The highest BCUT2D eigenvalue weighted by molar-refractivity contribution is 7.98. The van der Waals surface area contributed by atoms with Crippen LogP contribution in [0.5, 0.6) is 0 Å². The molecule has 2 aromatic carbocycles. The van der Waals surface area contributed by atoms with Crippen LogP contribution in [0, 0.1) is 6.92 Å². The molecule has 0 atom stereocenters. The number of thiazole rings is 1. The van der Waals surface area contributed by atoms with Gasteiger partial charge in [0.05, 0.1) is 21.4 Å². The highest BCUT2D eigenvalue weighted by Crippen LogP contribution is 2.29. The monoisotopic (exact) mass is 457 g/mol. The number of nitrogens with one attached hydrogen (secondary N) is 1. The first kappa shape index (κ1) is 20.4. The molecule has 0 radical (unpaired) electrons. The molecule has 5 rings (SSSR count). The fraction of sp³-hybridized carbons (Fsp3) is 0.0833. The summed E-state index contributed by atoms with van der Waals surface area (Å²) >= 11 is 3.24. The molecule has 3 aromatic heterocycles. The zero-order chi connectivity index (χ0) is 22.1. The SMILES string of the molecule is CSc1ccc(NC(=O)c2cc(-c3ccc4ncsc4c3)n(-c3cccc(C)n3)n2)cc1. The van der Waals surface area contributed by atoms with E-state index in [0.29, 0.717) is 11.5 Å². The van der Waals surface area contributed by atoms with E-state index in [0.717, 1.165) is 37.8 Å². The minimum Gasteiger partial charge on any atom is -0.321 e. The maximum Gasteiger partial charge on any atom is 0.276 e. The normalized spacial score (nSPS) is 11.1. The molecular formula is C24H19N5OS2. The molecule has 0 fully saturated rings. The van der Waals surface area contributed by atoms with Crippen LogP contribution < -0.4 is 5.32 Å². The molecule has 0 spiro atoms. The summed E-state index contributed by atoms with van der Waals surface area (Å²) < 4.78 is 2.80. The van der Waals surface area contributed by atoms with Gasteiger partial charge in [-0.3, -0.25) is 4.79 Å². The molecule has 32 heavy (non-hydrogen) atoms. The van der Waals surface area contributed by atoms with Gasteiger partial charge in [0.2, 0.25) is 0 Å². The van der Waals surface area contributed by atoms with Crippen molar-refractivity contribution in [2.24, 2.45) is 0 Å². The van der Waals surface area contributed by atoms with Gasteiger partial charge in [-0.05, 0) is 67.8 Å². The van der Waals surface area contributed by atoms with Crippen LogP contribution in [0.4, 0.5) is 5.69 Å². The summed E-state index contributed by atoms with van der Waals surface area (Å²) in [6, 6.07) is 21.3. The molecule has 8 heteroatoms. The van der Waals surface area contributed by atoms with Crippen molar-refractivity contribution in [2.45, 2.75) is 11.8 Å². The van der Waals surface area contributed by atoms with Gasteiger partial charge in [0, 0.05) is 21.8 Å². The Kier molecular flexibility index (Phi) is 5.46. The lowest BCUT2D eigenvalue weighted by Gasteiger charge is -2.07. The number of pyridine rings is 1. The van der Waals surface area contributed by atoms with Gasteiger partial charge < -0.3 is 5.32 Å². The molecule has 5 aromatic rings. The van der Waals surface area contributed by atoms with E-state index in [1.807, 2.05) is 73.3 Å². The number of nitrogens with zero attached hydrogens (tertiary/aromatic N) is 4. The number of hydrogen-bond acceptors (Lipinski definition) is 6. The van der Waals surface area contributed by atoms with E-state index < -0.39 is 0 Å². The Labute approximate surface area is 193 Å². The second kappa shape index (κ2) is 8.57. The zero-order valence-corrected chi connectivity index (χ0v) is 19.1. The zero-order valence-electron chi connectivity index (χ0n) is 17.4. The minimum atomic E-state index is -0.270. The first-order chi connectivity index (χ1) is 15.6. The second-order valence-corrected chi connectivity index (χ2v) is 8.95. The number of rotatable bonds is 5. The summed E-state index contributed by atoms with van der Waals surface area (Å²) in [5, 5.41) is 7.56. The van der Waals surface area contributed by atoms with Crippen LogP contribution >= 0.6 is 23.1 Å². The predicted molar refractivity (Wildman–Crippen MR) is 131 cm³/mol. The highest BCUT2D eigenvalue weighted by atomic mass is 32.2. The van der Waals surface area contributed by atoms with Gasteiger partial charge in [-0.25, -0.2) is 14.6 Å². The maximum atomic E-state index is 13.0. The number of anilines is 1. The number of fused-ring (bicyclic) bond motifs is 1. The average Bonchev–Trinajstić information content (AvgIpc) is 3.46. The van der Waals surface area contributed by atoms with E-state index in [4.69, 9.17) is 0 Å². The topological polar surface area (TPSA) is 72.7 Å². The number of hydrogen-bond donors (Lipinski definition) is 1. The third-order valence-electron chi connectivity index (χ3n) is 5.01. The Morgan fingerprint density at radius 1 is 1.06 bits per heavy atom. The number of benzene rings is 2. The number of carbonyl (C=O) groups excluding carboxylic acids is 1. The number of thioether (sulfide) groups is 1. The second-order valence-electron chi connectivity index (χ2n) is 7.18. The number of carbonyl (C=O) groups is 1. The minimum absolute atomic E-state index is 0.270. The number of amides is 1. The van der Waals surface area contributed by atoms with E-state index in [9.17, 15) is 4.79 Å². The van der Waals surface area contributed by atoms with Gasteiger partial charge in [-0.2, -0.15) is 5.10 Å². The molecule has 0 saturated heterocycles. The van der Waals surface area contributed by atoms with Crippen LogP contribution in [0.1, 0.15) is 16.2 Å². The third-order valence-corrected chi connectivity index (χ3v) is 6.54. The van der Waals surface area contributed by atoms with E-state index in [1.54, 1.807) is 33.8 Å². The van der Waals surface area contributed by atoms with Crippen molar-refractivity contribution < 1.29 is 4.79 Å². The van der Waals surface area contributed by atoms with Gasteiger partial charge in [0.25, 0.3) is 5.91 Å². The maximum absolute atomic E-state index is 13.0. The molecular weight excluding hydrogens is 438 g/mol. The molecule has 3 heterocycles. The fourth-order valence-electron chi connectivity index (χ4n) is 3.40. The Bertz CT molecular complexity index is 1420. The van der Waals surface area contributed by atoms with Gasteiger partial charge >= 0.3 is 0 Å². The molecule has 1 N–H and O–H groups in total. The summed E-state index contributed by atoms with van der Waals surface area (Å²) in [6.07, 6.45) is 2.02. The van der Waals surface area contributed by atoms with Crippen molar-refractivity contribution in [2.75, 3.05) is 11.6 Å². The van der Waals surface area contributed by atoms with Crippen LogP contribution in [0.15, 0.2) is 77.1 Å². The van der Waals surface area contributed by atoms with Crippen molar-refractivity contribution in [3.63, 3.8) is 0 Å². The van der Waals surface area contributed by atoms with Gasteiger partial charge in [-0.15, -0.1) is 23.1 Å². The smallest absolute Gasteiger partial charge is 0.276 e. The van der Waals surface area contributed by atoms with E-state index >= 15 is 0 Å². The third kappa shape index (κ3) is 4.02. The van der Waals surface area contributed by atoms with E-state index in [-0.39, 0.29) is 5.91 Å². The summed E-state index contributed by atoms with van der Waals surface area (Å²) in [7, 11) is 0. The summed E-state index contributed by atoms with van der Waals surface area (Å²) in [5.41, 5.74) is 6.44. The van der Waals surface area contributed by atoms with Gasteiger partial charge in [-0.1, -0.05) is 12.1 Å². The molecule has 0 bridgehead atoms.